The Balaban J connectivity index is 2.44. The smallest absolute Gasteiger partial charge is 0.195 e. The average Bonchev–Trinajstić information content (AvgIpc) is 2.40. The predicted octanol–water partition coefficient (Wildman–Crippen LogP) is 2.12. The van der Waals surface area contributed by atoms with Gasteiger partial charge in [-0.05, 0) is 12.1 Å². The van der Waals surface area contributed by atoms with Crippen LogP contribution in [-0.4, -0.2) is 22.2 Å². The zero-order valence-corrected chi connectivity index (χ0v) is 8.95. The molecule has 4 heteroatoms. The van der Waals surface area contributed by atoms with Crippen LogP contribution in [-0.2, 0) is 0 Å². The molecule has 0 aliphatic rings. The van der Waals surface area contributed by atoms with Gasteiger partial charge in [0.25, 0.3) is 0 Å². The molecular formula is C13H10N2O2. The lowest BCUT2D eigenvalue weighted by molar-refractivity contribution is 0.103. The van der Waals surface area contributed by atoms with Gasteiger partial charge in [-0.1, -0.05) is 35.5 Å². The Morgan fingerprint density at radius 1 is 1.18 bits per heavy atom. The van der Waals surface area contributed by atoms with E-state index in [9.17, 15) is 4.79 Å². The molecule has 84 valence electrons. The van der Waals surface area contributed by atoms with Crippen LogP contribution in [0.4, 0.5) is 0 Å². The second-order valence-electron chi connectivity index (χ2n) is 3.38. The van der Waals surface area contributed by atoms with Gasteiger partial charge in [-0.2, -0.15) is 0 Å². The van der Waals surface area contributed by atoms with Crippen molar-refractivity contribution in [2.24, 2.45) is 5.16 Å². The molecule has 4 nitrogen and oxygen atoms in total. The summed E-state index contributed by atoms with van der Waals surface area (Å²) in [5.41, 5.74) is 1.34. The highest BCUT2D eigenvalue weighted by atomic mass is 16.4. The van der Waals surface area contributed by atoms with Crippen LogP contribution in [0.25, 0.3) is 0 Å². The molecule has 1 N–H and O–H groups in total. The van der Waals surface area contributed by atoms with Crippen molar-refractivity contribution < 1.29 is 10.0 Å². The van der Waals surface area contributed by atoms with Gasteiger partial charge >= 0.3 is 0 Å². The van der Waals surface area contributed by atoms with Crippen molar-refractivity contribution in [3.8, 4) is 0 Å². The largest absolute Gasteiger partial charge is 0.411 e. The number of ketones is 1. The number of carbonyl (C=O) groups excluding carboxylic acids is 1. The van der Waals surface area contributed by atoms with E-state index in [-0.39, 0.29) is 5.78 Å². The van der Waals surface area contributed by atoms with Gasteiger partial charge < -0.3 is 5.21 Å². The third-order valence-corrected chi connectivity index (χ3v) is 2.30. The minimum Gasteiger partial charge on any atom is -0.411 e. The Morgan fingerprint density at radius 3 is 2.65 bits per heavy atom. The number of carbonyl (C=O) groups is 1. The van der Waals surface area contributed by atoms with Crippen molar-refractivity contribution >= 4 is 12.0 Å². The SMILES string of the molecule is O=C(c1ccccc1)c1cccnc1C=NO. The number of benzene rings is 1. The lowest BCUT2D eigenvalue weighted by atomic mass is 10.0. The van der Waals surface area contributed by atoms with Crippen molar-refractivity contribution in [3.63, 3.8) is 0 Å². The predicted molar refractivity (Wildman–Crippen MR) is 63.5 cm³/mol. The summed E-state index contributed by atoms with van der Waals surface area (Å²) in [4.78, 5) is 16.1. The monoisotopic (exact) mass is 226 g/mol. The molecule has 0 saturated carbocycles. The van der Waals surface area contributed by atoms with Crippen LogP contribution in [0.1, 0.15) is 21.6 Å². The molecule has 0 fully saturated rings. The van der Waals surface area contributed by atoms with Gasteiger partial charge in [0.1, 0.15) is 0 Å². The second-order valence-corrected chi connectivity index (χ2v) is 3.38. The maximum atomic E-state index is 12.2. The van der Waals surface area contributed by atoms with Gasteiger partial charge in [0.2, 0.25) is 0 Å². The van der Waals surface area contributed by atoms with E-state index in [2.05, 4.69) is 10.1 Å². The van der Waals surface area contributed by atoms with Crippen LogP contribution in [0, 0.1) is 0 Å². The van der Waals surface area contributed by atoms with Crippen molar-refractivity contribution in [1.29, 1.82) is 0 Å². The Labute approximate surface area is 98.2 Å². The Hall–Kier alpha value is -2.49. The molecule has 1 aromatic heterocycles. The summed E-state index contributed by atoms with van der Waals surface area (Å²) in [6.07, 6.45) is 2.69. The highest BCUT2D eigenvalue weighted by molar-refractivity contribution is 6.12. The van der Waals surface area contributed by atoms with E-state index in [1.165, 1.54) is 0 Å². The molecule has 2 rings (SSSR count). The first-order valence-corrected chi connectivity index (χ1v) is 5.05. The number of hydrogen-bond donors (Lipinski definition) is 1. The fourth-order valence-corrected chi connectivity index (χ4v) is 1.51. The minimum atomic E-state index is -0.145. The third kappa shape index (κ3) is 2.36. The Bertz CT molecular complexity index is 550. The number of pyridine rings is 1. The van der Waals surface area contributed by atoms with Crippen molar-refractivity contribution in [2.75, 3.05) is 0 Å². The highest BCUT2D eigenvalue weighted by Crippen LogP contribution is 2.11. The van der Waals surface area contributed by atoms with Gasteiger partial charge in [-0.15, -0.1) is 0 Å². The molecule has 1 aromatic carbocycles. The molecular weight excluding hydrogens is 216 g/mol. The zero-order valence-electron chi connectivity index (χ0n) is 8.95. The first kappa shape index (κ1) is 11.0. The Morgan fingerprint density at radius 2 is 1.94 bits per heavy atom. The molecule has 1 heterocycles. The first-order valence-electron chi connectivity index (χ1n) is 5.05. The van der Waals surface area contributed by atoms with Gasteiger partial charge in [0.05, 0.1) is 11.9 Å². The quantitative estimate of drug-likeness (QED) is 0.377. The van der Waals surface area contributed by atoms with Crippen molar-refractivity contribution in [3.05, 3.63) is 65.5 Å². The van der Waals surface area contributed by atoms with Crippen LogP contribution in [0.2, 0.25) is 0 Å². The summed E-state index contributed by atoms with van der Waals surface area (Å²) >= 11 is 0. The molecule has 0 aliphatic heterocycles. The molecule has 0 unspecified atom stereocenters. The van der Waals surface area contributed by atoms with Gasteiger partial charge in [0.15, 0.2) is 5.78 Å². The summed E-state index contributed by atoms with van der Waals surface area (Å²) in [7, 11) is 0. The molecule has 0 bridgehead atoms. The van der Waals surface area contributed by atoms with E-state index in [0.29, 0.717) is 16.8 Å². The lowest BCUT2D eigenvalue weighted by Crippen LogP contribution is -2.06. The number of hydrogen-bond acceptors (Lipinski definition) is 4. The minimum absolute atomic E-state index is 0.145. The van der Waals surface area contributed by atoms with Gasteiger partial charge in [0, 0.05) is 17.3 Å². The van der Waals surface area contributed by atoms with E-state index in [1.807, 2.05) is 6.07 Å². The van der Waals surface area contributed by atoms with Crippen LogP contribution in [0.3, 0.4) is 0 Å². The number of rotatable bonds is 3. The van der Waals surface area contributed by atoms with Crippen LogP contribution in [0.15, 0.2) is 53.8 Å². The van der Waals surface area contributed by atoms with Crippen LogP contribution < -0.4 is 0 Å². The molecule has 2 aromatic rings. The van der Waals surface area contributed by atoms with E-state index in [1.54, 1.807) is 42.6 Å². The van der Waals surface area contributed by atoms with E-state index < -0.39 is 0 Å². The number of oxime groups is 1. The summed E-state index contributed by atoms with van der Waals surface area (Å²) in [6.45, 7) is 0. The van der Waals surface area contributed by atoms with Crippen LogP contribution in [0.5, 0.6) is 0 Å². The summed E-state index contributed by atoms with van der Waals surface area (Å²) in [5, 5.41) is 11.4. The number of aromatic nitrogens is 1. The molecule has 17 heavy (non-hydrogen) atoms. The topological polar surface area (TPSA) is 62.5 Å². The third-order valence-electron chi connectivity index (χ3n) is 2.30. The zero-order chi connectivity index (χ0) is 12.1. The van der Waals surface area contributed by atoms with Crippen LogP contribution >= 0.6 is 0 Å². The van der Waals surface area contributed by atoms with Crippen molar-refractivity contribution in [2.45, 2.75) is 0 Å². The maximum absolute atomic E-state index is 12.2. The summed E-state index contributed by atoms with van der Waals surface area (Å²) in [5.74, 6) is -0.145. The molecule has 0 amide bonds. The average molecular weight is 226 g/mol. The standard InChI is InChI=1S/C13H10N2O2/c16-13(10-5-2-1-3-6-10)11-7-4-8-14-12(11)9-15-17/h1-9,17H. The lowest BCUT2D eigenvalue weighted by Gasteiger charge is -2.03. The Kier molecular flexibility index (Phi) is 3.25. The van der Waals surface area contributed by atoms with E-state index >= 15 is 0 Å². The molecule has 0 spiro atoms. The molecule has 0 atom stereocenters. The second kappa shape index (κ2) is 5.03. The maximum Gasteiger partial charge on any atom is 0.195 e. The highest BCUT2D eigenvalue weighted by Gasteiger charge is 2.12. The first-order chi connectivity index (χ1) is 8.33. The number of nitrogens with zero attached hydrogens (tertiary/aromatic N) is 2. The fraction of sp³-hybridized carbons (Fsp3) is 0. The van der Waals surface area contributed by atoms with Crippen molar-refractivity contribution in [1.82, 2.24) is 4.98 Å². The molecule has 0 saturated heterocycles. The molecule has 0 aliphatic carbocycles. The van der Waals surface area contributed by atoms with Gasteiger partial charge in [-0.3, -0.25) is 9.78 Å². The van der Waals surface area contributed by atoms with E-state index in [4.69, 9.17) is 5.21 Å². The summed E-state index contributed by atoms with van der Waals surface area (Å²) in [6, 6.07) is 12.2. The van der Waals surface area contributed by atoms with Gasteiger partial charge in [-0.25, -0.2) is 0 Å². The summed E-state index contributed by atoms with van der Waals surface area (Å²) < 4.78 is 0. The molecule has 0 radical (unpaired) electrons. The fourth-order valence-electron chi connectivity index (χ4n) is 1.51. The normalized spacial score (nSPS) is 10.6. The van der Waals surface area contributed by atoms with E-state index in [0.717, 1.165) is 6.21 Å².